The molecule has 1 saturated heterocycles. The van der Waals surface area contributed by atoms with E-state index >= 15 is 0 Å². The molecule has 156 valence electrons. The summed E-state index contributed by atoms with van der Waals surface area (Å²) in [4.78, 5) is 21.7. The number of piperidine rings is 1. The Morgan fingerprint density at radius 3 is 2.41 bits per heavy atom. The van der Waals surface area contributed by atoms with E-state index in [0.29, 0.717) is 24.6 Å². The predicted octanol–water partition coefficient (Wildman–Crippen LogP) is 1.84. The Bertz CT molecular complexity index is 974. The fourth-order valence-corrected chi connectivity index (χ4v) is 4.86. The van der Waals surface area contributed by atoms with Gasteiger partial charge in [0.1, 0.15) is 5.82 Å². The number of amides is 1. The van der Waals surface area contributed by atoms with Crippen LogP contribution in [0, 0.1) is 5.92 Å². The van der Waals surface area contributed by atoms with Crippen molar-refractivity contribution in [3.63, 3.8) is 0 Å². The first kappa shape index (κ1) is 20.0. The summed E-state index contributed by atoms with van der Waals surface area (Å²) in [6.45, 7) is 1.03. The third-order valence-electron chi connectivity index (χ3n) is 5.91. The Labute approximate surface area is 171 Å². The van der Waals surface area contributed by atoms with Gasteiger partial charge < -0.3 is 9.88 Å². The molecular weight excluding hydrogens is 390 g/mol. The minimum atomic E-state index is -3.13. The van der Waals surface area contributed by atoms with Crippen LogP contribution in [0.15, 0.2) is 30.7 Å². The molecule has 2 fully saturated rings. The number of hydrogen-bond donors (Lipinski definition) is 1. The zero-order valence-corrected chi connectivity index (χ0v) is 17.6. The molecule has 0 aromatic carbocycles. The van der Waals surface area contributed by atoms with Crippen LogP contribution in [0.4, 0.5) is 0 Å². The lowest BCUT2D eigenvalue weighted by atomic mass is 9.94. The van der Waals surface area contributed by atoms with Crippen LogP contribution in [0.5, 0.6) is 0 Å². The molecule has 1 N–H and O–H groups in total. The SMILES string of the molecule is Cn1ccnc1[C@H](NC(=O)c1ccc(C2CCN(S(C)(=O)=O)CC2)nc1)C1CC1. The smallest absolute Gasteiger partial charge is 0.253 e. The van der Waals surface area contributed by atoms with Gasteiger partial charge in [-0.05, 0) is 43.7 Å². The second-order valence-corrected chi connectivity index (χ2v) is 10.1. The normalized spacial score (nSPS) is 19.8. The molecule has 1 amide bonds. The monoisotopic (exact) mass is 417 g/mol. The van der Waals surface area contributed by atoms with E-state index in [1.807, 2.05) is 29.9 Å². The molecule has 8 nitrogen and oxygen atoms in total. The van der Waals surface area contributed by atoms with E-state index in [1.165, 1.54) is 10.6 Å². The summed E-state index contributed by atoms with van der Waals surface area (Å²) in [6, 6.07) is 3.62. The number of imidazole rings is 1. The molecule has 1 saturated carbocycles. The molecule has 1 atom stereocenters. The first-order valence-electron chi connectivity index (χ1n) is 10.0. The van der Waals surface area contributed by atoms with Gasteiger partial charge in [0.05, 0.1) is 17.9 Å². The van der Waals surface area contributed by atoms with Crippen molar-refractivity contribution in [1.29, 1.82) is 0 Å². The van der Waals surface area contributed by atoms with Gasteiger partial charge in [0.2, 0.25) is 10.0 Å². The Balaban J connectivity index is 1.40. The van der Waals surface area contributed by atoms with E-state index in [1.54, 1.807) is 12.4 Å². The molecule has 1 aliphatic heterocycles. The molecule has 0 bridgehead atoms. The average Bonchev–Trinajstić information content (AvgIpc) is 3.46. The summed E-state index contributed by atoms with van der Waals surface area (Å²) >= 11 is 0. The minimum absolute atomic E-state index is 0.0810. The summed E-state index contributed by atoms with van der Waals surface area (Å²) in [7, 11) is -1.19. The summed E-state index contributed by atoms with van der Waals surface area (Å²) in [5.41, 5.74) is 1.44. The summed E-state index contributed by atoms with van der Waals surface area (Å²) in [5.74, 6) is 1.39. The van der Waals surface area contributed by atoms with E-state index in [0.717, 1.165) is 37.2 Å². The maximum Gasteiger partial charge on any atom is 0.253 e. The fourth-order valence-electron chi connectivity index (χ4n) is 3.99. The Kier molecular flexibility index (Phi) is 5.44. The number of carbonyl (C=O) groups is 1. The van der Waals surface area contributed by atoms with Crippen molar-refractivity contribution in [2.75, 3.05) is 19.3 Å². The highest BCUT2D eigenvalue weighted by molar-refractivity contribution is 7.88. The van der Waals surface area contributed by atoms with Crippen molar-refractivity contribution in [3.05, 3.63) is 47.8 Å². The van der Waals surface area contributed by atoms with Gasteiger partial charge in [-0.25, -0.2) is 17.7 Å². The van der Waals surface area contributed by atoms with Gasteiger partial charge in [-0.1, -0.05) is 0 Å². The van der Waals surface area contributed by atoms with Crippen LogP contribution < -0.4 is 5.32 Å². The number of sulfonamides is 1. The van der Waals surface area contributed by atoms with Crippen molar-refractivity contribution in [1.82, 2.24) is 24.2 Å². The van der Waals surface area contributed by atoms with Gasteiger partial charge in [0, 0.05) is 50.3 Å². The maximum atomic E-state index is 12.8. The largest absolute Gasteiger partial charge is 0.342 e. The van der Waals surface area contributed by atoms with Crippen molar-refractivity contribution < 1.29 is 13.2 Å². The number of pyridine rings is 1. The highest BCUT2D eigenvalue weighted by atomic mass is 32.2. The molecule has 4 rings (SSSR count). The van der Waals surface area contributed by atoms with Crippen LogP contribution in [-0.2, 0) is 17.1 Å². The van der Waals surface area contributed by atoms with Crippen molar-refractivity contribution >= 4 is 15.9 Å². The highest BCUT2D eigenvalue weighted by Gasteiger charge is 2.36. The zero-order valence-electron chi connectivity index (χ0n) is 16.8. The van der Waals surface area contributed by atoms with Crippen molar-refractivity contribution in [3.8, 4) is 0 Å². The topological polar surface area (TPSA) is 97.2 Å². The van der Waals surface area contributed by atoms with Crippen LogP contribution >= 0.6 is 0 Å². The second-order valence-electron chi connectivity index (χ2n) is 8.09. The molecule has 9 heteroatoms. The molecule has 2 aliphatic rings. The summed E-state index contributed by atoms with van der Waals surface area (Å²) < 4.78 is 26.8. The quantitative estimate of drug-likeness (QED) is 0.773. The van der Waals surface area contributed by atoms with E-state index in [9.17, 15) is 13.2 Å². The molecule has 29 heavy (non-hydrogen) atoms. The van der Waals surface area contributed by atoms with E-state index in [-0.39, 0.29) is 17.9 Å². The number of nitrogens with one attached hydrogen (secondary N) is 1. The molecule has 1 aliphatic carbocycles. The Morgan fingerprint density at radius 2 is 1.90 bits per heavy atom. The molecular formula is C20H27N5O3S. The van der Waals surface area contributed by atoms with Crippen LogP contribution in [0.1, 0.15) is 59.5 Å². The fraction of sp³-hybridized carbons (Fsp3) is 0.550. The van der Waals surface area contributed by atoms with Gasteiger partial charge in [-0.15, -0.1) is 0 Å². The standard InChI is InChI=1S/C20H27N5O3S/c1-24-12-9-21-19(24)18(15-3-4-15)23-20(26)16-5-6-17(22-13-16)14-7-10-25(11-8-14)29(2,27)28/h5-6,9,12-15,18H,3-4,7-8,10-11H2,1-2H3,(H,23,26)/t18-/m1/s1. The lowest BCUT2D eigenvalue weighted by molar-refractivity contribution is 0.0928. The van der Waals surface area contributed by atoms with E-state index in [4.69, 9.17) is 0 Å². The number of rotatable bonds is 6. The van der Waals surface area contributed by atoms with Crippen LogP contribution in [0.2, 0.25) is 0 Å². The predicted molar refractivity (Wildman–Crippen MR) is 109 cm³/mol. The summed E-state index contributed by atoms with van der Waals surface area (Å²) in [5, 5.41) is 3.12. The van der Waals surface area contributed by atoms with Crippen LogP contribution in [0.3, 0.4) is 0 Å². The Hall–Kier alpha value is -2.26. The Morgan fingerprint density at radius 1 is 1.17 bits per heavy atom. The third-order valence-corrected chi connectivity index (χ3v) is 7.21. The van der Waals surface area contributed by atoms with Crippen molar-refractivity contribution in [2.45, 2.75) is 37.6 Å². The van der Waals surface area contributed by atoms with E-state index < -0.39 is 10.0 Å². The van der Waals surface area contributed by atoms with Crippen molar-refractivity contribution in [2.24, 2.45) is 13.0 Å². The number of aromatic nitrogens is 3. The number of hydrogen-bond acceptors (Lipinski definition) is 5. The average molecular weight is 418 g/mol. The summed E-state index contributed by atoms with van der Waals surface area (Å²) in [6.07, 6.45) is 10.2. The van der Waals surface area contributed by atoms with Gasteiger partial charge in [-0.3, -0.25) is 9.78 Å². The van der Waals surface area contributed by atoms with Gasteiger partial charge in [0.15, 0.2) is 0 Å². The second kappa shape index (κ2) is 7.87. The minimum Gasteiger partial charge on any atom is -0.342 e. The van der Waals surface area contributed by atoms with Gasteiger partial charge in [-0.2, -0.15) is 0 Å². The molecule has 0 spiro atoms. The number of nitrogens with zero attached hydrogens (tertiary/aromatic N) is 4. The highest BCUT2D eigenvalue weighted by Crippen LogP contribution is 2.40. The third kappa shape index (κ3) is 4.51. The molecule has 0 unspecified atom stereocenters. The first-order valence-corrected chi connectivity index (χ1v) is 11.9. The molecule has 2 aromatic rings. The molecule has 3 heterocycles. The first-order chi connectivity index (χ1) is 13.8. The van der Waals surface area contributed by atoms with E-state index in [2.05, 4.69) is 15.3 Å². The maximum absolute atomic E-state index is 12.8. The molecule has 0 radical (unpaired) electrons. The lowest BCUT2D eigenvalue weighted by Gasteiger charge is -2.29. The zero-order chi connectivity index (χ0) is 20.6. The van der Waals surface area contributed by atoms with Crippen LogP contribution in [-0.4, -0.2) is 52.5 Å². The van der Waals surface area contributed by atoms with Gasteiger partial charge in [0.25, 0.3) is 5.91 Å². The molecule has 2 aromatic heterocycles. The number of carbonyl (C=O) groups excluding carboxylic acids is 1. The number of aryl methyl sites for hydroxylation is 1. The van der Waals surface area contributed by atoms with Crippen LogP contribution in [0.25, 0.3) is 0 Å². The lowest BCUT2D eigenvalue weighted by Crippen LogP contribution is -2.37. The van der Waals surface area contributed by atoms with Gasteiger partial charge >= 0.3 is 0 Å².